The maximum absolute atomic E-state index is 12.0. The largest absolute Gasteiger partial charge is 0.356 e. The Morgan fingerprint density at radius 2 is 1.15 bits per heavy atom. The van der Waals surface area contributed by atoms with Crippen molar-refractivity contribution < 1.29 is 9.59 Å². The number of carbonyl (C=O) groups is 2. The Morgan fingerprint density at radius 3 is 1.81 bits per heavy atom. The van der Waals surface area contributed by atoms with Crippen molar-refractivity contribution in [3.63, 3.8) is 0 Å². The lowest BCUT2D eigenvalue weighted by molar-refractivity contribution is -0.136. The van der Waals surface area contributed by atoms with Crippen molar-refractivity contribution in [2.45, 2.75) is 6.54 Å². The highest BCUT2D eigenvalue weighted by Gasteiger charge is 2.13. The summed E-state index contributed by atoms with van der Waals surface area (Å²) in [7, 11) is 0. The Morgan fingerprint density at radius 1 is 0.615 bits per heavy atom. The predicted octanol–water partition coefficient (Wildman–Crippen LogP) is 3.69. The van der Waals surface area contributed by atoms with E-state index in [-0.39, 0.29) is 0 Å². The first-order valence-electron chi connectivity index (χ1n) is 8.26. The van der Waals surface area contributed by atoms with Gasteiger partial charge in [-0.15, -0.1) is 0 Å². The highest BCUT2D eigenvalue weighted by molar-refractivity contribution is 6.39. The summed E-state index contributed by atoms with van der Waals surface area (Å²) in [5.74, 6) is -1.36. The smallest absolute Gasteiger partial charge is 0.313 e. The van der Waals surface area contributed by atoms with E-state index in [1.807, 2.05) is 72.8 Å². The molecule has 0 aromatic heterocycles. The molecule has 0 atom stereocenters. The molecular formula is C21H19N3O2. The average Bonchev–Trinajstić information content (AvgIpc) is 2.69. The number of benzene rings is 3. The first-order valence-corrected chi connectivity index (χ1v) is 8.26. The zero-order valence-corrected chi connectivity index (χ0v) is 14.1. The molecule has 0 aliphatic carbocycles. The first-order chi connectivity index (χ1) is 12.7. The molecule has 0 heterocycles. The molecule has 5 nitrogen and oxygen atoms in total. The molecule has 3 aromatic carbocycles. The molecule has 0 aliphatic rings. The van der Waals surface area contributed by atoms with Gasteiger partial charge in [0, 0.05) is 23.6 Å². The molecule has 0 fully saturated rings. The van der Waals surface area contributed by atoms with Gasteiger partial charge in [-0.25, -0.2) is 0 Å². The number of hydrogen-bond acceptors (Lipinski definition) is 3. The Balaban J connectivity index is 1.51. The van der Waals surface area contributed by atoms with Crippen LogP contribution in [0.4, 0.5) is 17.1 Å². The average molecular weight is 345 g/mol. The molecule has 0 unspecified atom stereocenters. The topological polar surface area (TPSA) is 70.2 Å². The molecule has 0 saturated heterocycles. The van der Waals surface area contributed by atoms with Crippen LogP contribution >= 0.6 is 0 Å². The van der Waals surface area contributed by atoms with Crippen molar-refractivity contribution in [1.82, 2.24) is 5.32 Å². The van der Waals surface area contributed by atoms with E-state index >= 15 is 0 Å². The minimum Gasteiger partial charge on any atom is -0.356 e. The Bertz CT molecular complexity index is 863. The number of hydrogen-bond donors (Lipinski definition) is 3. The van der Waals surface area contributed by atoms with Crippen LogP contribution in [0.3, 0.4) is 0 Å². The van der Waals surface area contributed by atoms with Gasteiger partial charge in [0.1, 0.15) is 0 Å². The van der Waals surface area contributed by atoms with Gasteiger partial charge in [-0.2, -0.15) is 0 Å². The van der Waals surface area contributed by atoms with Gasteiger partial charge in [0.15, 0.2) is 0 Å². The SMILES string of the molecule is O=C(NCc1ccccc1)C(=O)Nc1ccc(Nc2ccccc2)cc1. The van der Waals surface area contributed by atoms with Crippen LogP contribution in [0.5, 0.6) is 0 Å². The van der Waals surface area contributed by atoms with Crippen molar-refractivity contribution in [1.29, 1.82) is 0 Å². The molecule has 2 amide bonds. The maximum atomic E-state index is 12.0. The fourth-order valence-electron chi connectivity index (χ4n) is 2.37. The number of rotatable bonds is 5. The van der Waals surface area contributed by atoms with E-state index in [2.05, 4.69) is 16.0 Å². The minimum absolute atomic E-state index is 0.313. The van der Waals surface area contributed by atoms with E-state index in [9.17, 15) is 9.59 Å². The summed E-state index contributed by atoms with van der Waals surface area (Å²) in [5.41, 5.74) is 3.36. The van der Waals surface area contributed by atoms with Crippen LogP contribution in [0.15, 0.2) is 84.9 Å². The fourth-order valence-corrected chi connectivity index (χ4v) is 2.37. The molecule has 0 bridgehead atoms. The van der Waals surface area contributed by atoms with E-state index in [0.717, 1.165) is 16.9 Å². The van der Waals surface area contributed by atoms with Crippen molar-refractivity contribution in [3.8, 4) is 0 Å². The van der Waals surface area contributed by atoms with Crippen LogP contribution < -0.4 is 16.0 Å². The molecule has 3 rings (SSSR count). The van der Waals surface area contributed by atoms with Gasteiger partial charge < -0.3 is 16.0 Å². The molecule has 3 N–H and O–H groups in total. The number of carbonyl (C=O) groups excluding carboxylic acids is 2. The molecular weight excluding hydrogens is 326 g/mol. The molecule has 130 valence electrons. The third kappa shape index (κ3) is 4.95. The van der Waals surface area contributed by atoms with E-state index < -0.39 is 11.8 Å². The van der Waals surface area contributed by atoms with E-state index in [1.165, 1.54) is 0 Å². The monoisotopic (exact) mass is 345 g/mol. The maximum Gasteiger partial charge on any atom is 0.313 e. The first kappa shape index (κ1) is 17.2. The normalized spacial score (nSPS) is 10.0. The lowest BCUT2D eigenvalue weighted by Crippen LogP contribution is -2.34. The summed E-state index contributed by atoms with van der Waals surface area (Å²) in [6, 6.07) is 26.4. The summed E-state index contributed by atoms with van der Waals surface area (Å²) < 4.78 is 0. The van der Waals surface area contributed by atoms with Gasteiger partial charge in [0.2, 0.25) is 0 Å². The lowest BCUT2D eigenvalue weighted by Gasteiger charge is -2.09. The quantitative estimate of drug-likeness (QED) is 0.618. The van der Waals surface area contributed by atoms with E-state index in [1.54, 1.807) is 12.1 Å². The molecule has 0 aliphatic heterocycles. The number of para-hydroxylation sites is 1. The second kappa shape index (κ2) is 8.48. The molecule has 0 saturated carbocycles. The highest BCUT2D eigenvalue weighted by atomic mass is 16.2. The second-order valence-electron chi connectivity index (χ2n) is 5.69. The van der Waals surface area contributed by atoms with Crippen molar-refractivity contribution >= 4 is 28.9 Å². The summed E-state index contributed by atoms with van der Waals surface area (Å²) in [4.78, 5) is 23.9. The second-order valence-corrected chi connectivity index (χ2v) is 5.69. The van der Waals surface area contributed by atoms with E-state index in [0.29, 0.717) is 12.2 Å². The van der Waals surface area contributed by atoms with E-state index in [4.69, 9.17) is 0 Å². The number of anilines is 3. The third-order valence-corrected chi connectivity index (χ3v) is 3.71. The number of amides is 2. The summed E-state index contributed by atoms with van der Waals surface area (Å²) in [5, 5.41) is 8.44. The van der Waals surface area contributed by atoms with Crippen LogP contribution in [0.1, 0.15) is 5.56 Å². The van der Waals surface area contributed by atoms with Gasteiger partial charge in [0.05, 0.1) is 0 Å². The summed E-state index contributed by atoms with van der Waals surface area (Å²) in [6.07, 6.45) is 0. The Hall–Kier alpha value is -3.60. The molecule has 5 heteroatoms. The molecule has 0 radical (unpaired) electrons. The van der Waals surface area contributed by atoms with Gasteiger partial charge in [-0.05, 0) is 42.0 Å². The summed E-state index contributed by atoms with van der Waals surface area (Å²) >= 11 is 0. The van der Waals surface area contributed by atoms with Crippen LogP contribution in [0, 0.1) is 0 Å². The zero-order chi connectivity index (χ0) is 18.2. The predicted molar refractivity (Wildman–Crippen MR) is 103 cm³/mol. The Kier molecular flexibility index (Phi) is 5.62. The Labute approximate surface area is 152 Å². The van der Waals surface area contributed by atoms with Crippen LogP contribution in [0.2, 0.25) is 0 Å². The van der Waals surface area contributed by atoms with Crippen LogP contribution in [-0.4, -0.2) is 11.8 Å². The van der Waals surface area contributed by atoms with Gasteiger partial charge in [-0.1, -0.05) is 48.5 Å². The van der Waals surface area contributed by atoms with Crippen molar-refractivity contribution in [3.05, 3.63) is 90.5 Å². The van der Waals surface area contributed by atoms with Crippen molar-refractivity contribution in [2.24, 2.45) is 0 Å². The minimum atomic E-state index is -0.690. The fraction of sp³-hybridized carbons (Fsp3) is 0.0476. The molecule has 3 aromatic rings. The van der Waals surface area contributed by atoms with Crippen LogP contribution in [-0.2, 0) is 16.1 Å². The van der Waals surface area contributed by atoms with Crippen LogP contribution in [0.25, 0.3) is 0 Å². The van der Waals surface area contributed by atoms with Gasteiger partial charge in [0.25, 0.3) is 0 Å². The van der Waals surface area contributed by atoms with Crippen molar-refractivity contribution in [2.75, 3.05) is 10.6 Å². The van der Waals surface area contributed by atoms with Gasteiger partial charge in [-0.3, -0.25) is 9.59 Å². The molecule has 26 heavy (non-hydrogen) atoms. The zero-order valence-electron chi connectivity index (χ0n) is 14.1. The third-order valence-electron chi connectivity index (χ3n) is 3.71. The number of nitrogens with one attached hydrogen (secondary N) is 3. The molecule has 0 spiro atoms. The standard InChI is InChI=1S/C21H19N3O2/c25-20(22-15-16-7-3-1-4-8-16)21(26)24-19-13-11-18(12-14-19)23-17-9-5-2-6-10-17/h1-14,23H,15H2,(H,22,25)(H,24,26). The van der Waals surface area contributed by atoms with Gasteiger partial charge >= 0.3 is 11.8 Å². The lowest BCUT2D eigenvalue weighted by atomic mass is 10.2. The summed E-state index contributed by atoms with van der Waals surface area (Å²) in [6.45, 7) is 0.313. The highest BCUT2D eigenvalue weighted by Crippen LogP contribution is 2.18.